The number of nitrogens with zero attached hydrogens (tertiary/aromatic N) is 1. The highest BCUT2D eigenvalue weighted by atomic mass is 19.1. The van der Waals surface area contributed by atoms with Crippen LogP contribution in [-0.2, 0) is 4.79 Å². The minimum absolute atomic E-state index is 0.0584. The maximum absolute atomic E-state index is 13.8. The minimum Gasteiger partial charge on any atom is -0.494 e. The molecule has 2 unspecified atom stereocenters. The molecule has 2 atom stereocenters. The number of hydrogen-bond acceptors (Lipinski definition) is 3. The molecule has 1 saturated heterocycles. The van der Waals surface area contributed by atoms with Gasteiger partial charge in [0.1, 0.15) is 6.17 Å². The Labute approximate surface area is 112 Å². The van der Waals surface area contributed by atoms with E-state index in [0.717, 1.165) is 12.0 Å². The lowest BCUT2D eigenvalue weighted by Gasteiger charge is -2.24. The summed E-state index contributed by atoms with van der Waals surface area (Å²) in [7, 11) is 1.43. The summed E-state index contributed by atoms with van der Waals surface area (Å²) in [5.74, 6) is -0.142. The van der Waals surface area contributed by atoms with Crippen molar-refractivity contribution in [2.45, 2.75) is 32.5 Å². The van der Waals surface area contributed by atoms with Gasteiger partial charge in [-0.3, -0.25) is 10.1 Å². The Balaban J connectivity index is 2.29. The van der Waals surface area contributed by atoms with Crippen molar-refractivity contribution in [2.24, 2.45) is 0 Å². The molecule has 1 aliphatic rings. The van der Waals surface area contributed by atoms with Crippen LogP contribution in [0.4, 0.5) is 4.39 Å². The fraction of sp³-hybridized carbons (Fsp3) is 0.500. The highest BCUT2D eigenvalue weighted by Crippen LogP contribution is 2.28. The zero-order valence-corrected chi connectivity index (χ0v) is 11.4. The lowest BCUT2D eigenvalue weighted by molar-refractivity contribution is -0.129. The number of methoxy groups -OCH3 is 1. The van der Waals surface area contributed by atoms with E-state index in [0.29, 0.717) is 6.54 Å². The second-order valence-electron chi connectivity index (χ2n) is 4.72. The van der Waals surface area contributed by atoms with E-state index in [2.05, 4.69) is 5.32 Å². The van der Waals surface area contributed by atoms with Gasteiger partial charge in [0.15, 0.2) is 11.6 Å². The summed E-state index contributed by atoms with van der Waals surface area (Å²) in [6.07, 6.45) is 0.609. The Morgan fingerprint density at radius 2 is 2.21 bits per heavy atom. The molecular formula is C14H19FN2O2. The average Bonchev–Trinajstić information content (AvgIpc) is 2.67. The third-order valence-corrected chi connectivity index (χ3v) is 3.33. The van der Waals surface area contributed by atoms with Gasteiger partial charge in [-0.2, -0.15) is 0 Å². The van der Waals surface area contributed by atoms with E-state index in [4.69, 9.17) is 4.74 Å². The van der Waals surface area contributed by atoms with Crippen LogP contribution in [0, 0.1) is 5.82 Å². The second kappa shape index (κ2) is 5.57. The van der Waals surface area contributed by atoms with Gasteiger partial charge in [-0.1, -0.05) is 13.0 Å². The molecule has 1 aromatic rings. The fourth-order valence-electron chi connectivity index (χ4n) is 2.38. The summed E-state index contributed by atoms with van der Waals surface area (Å²) in [6, 6.07) is 4.56. The Morgan fingerprint density at radius 3 is 2.79 bits per heavy atom. The molecule has 4 nitrogen and oxygen atoms in total. The van der Waals surface area contributed by atoms with E-state index in [1.165, 1.54) is 13.2 Å². The topological polar surface area (TPSA) is 41.6 Å². The van der Waals surface area contributed by atoms with Crippen molar-refractivity contribution in [2.75, 3.05) is 13.7 Å². The van der Waals surface area contributed by atoms with Crippen molar-refractivity contribution in [3.05, 3.63) is 29.6 Å². The molecule has 1 heterocycles. The first-order chi connectivity index (χ1) is 9.08. The molecule has 1 aliphatic heterocycles. The number of rotatable bonds is 4. The fourth-order valence-corrected chi connectivity index (χ4v) is 2.38. The normalized spacial score (nSPS) is 22.9. The predicted molar refractivity (Wildman–Crippen MR) is 70.3 cm³/mol. The van der Waals surface area contributed by atoms with Gasteiger partial charge in [-0.25, -0.2) is 4.39 Å². The first-order valence-corrected chi connectivity index (χ1v) is 6.48. The zero-order chi connectivity index (χ0) is 14.0. The van der Waals surface area contributed by atoms with Crippen LogP contribution in [0.3, 0.4) is 0 Å². The van der Waals surface area contributed by atoms with Crippen molar-refractivity contribution in [3.8, 4) is 5.75 Å². The molecule has 0 spiro atoms. The van der Waals surface area contributed by atoms with E-state index >= 15 is 0 Å². The number of halogens is 1. The predicted octanol–water partition coefficient (Wildman–Crippen LogP) is 2.06. The van der Waals surface area contributed by atoms with Crippen LogP contribution in [0.2, 0.25) is 0 Å². The molecule has 0 aromatic heterocycles. The van der Waals surface area contributed by atoms with Crippen LogP contribution in [-0.4, -0.2) is 30.5 Å². The molecule has 0 aliphatic carbocycles. The molecule has 2 rings (SSSR count). The highest BCUT2D eigenvalue weighted by Gasteiger charge is 2.36. The summed E-state index contributed by atoms with van der Waals surface area (Å²) < 4.78 is 18.7. The summed E-state index contributed by atoms with van der Waals surface area (Å²) in [4.78, 5) is 13.8. The zero-order valence-electron chi connectivity index (χ0n) is 11.4. The maximum Gasteiger partial charge on any atom is 0.241 e. The van der Waals surface area contributed by atoms with Crippen molar-refractivity contribution < 1.29 is 13.9 Å². The second-order valence-corrected chi connectivity index (χ2v) is 4.72. The molecule has 1 fully saturated rings. The molecular weight excluding hydrogens is 247 g/mol. The van der Waals surface area contributed by atoms with Gasteiger partial charge in [0.05, 0.1) is 13.2 Å². The molecule has 5 heteroatoms. The number of nitrogens with one attached hydrogen (secondary N) is 1. The molecule has 1 amide bonds. The Hall–Kier alpha value is -1.62. The van der Waals surface area contributed by atoms with Gasteiger partial charge in [0, 0.05) is 6.54 Å². The largest absolute Gasteiger partial charge is 0.494 e. The van der Waals surface area contributed by atoms with Gasteiger partial charge in [-0.15, -0.1) is 0 Å². The van der Waals surface area contributed by atoms with Crippen molar-refractivity contribution in [3.63, 3.8) is 0 Å². The lowest BCUT2D eigenvalue weighted by Crippen LogP contribution is -2.31. The summed E-state index contributed by atoms with van der Waals surface area (Å²) in [5.41, 5.74) is 0.740. The van der Waals surface area contributed by atoms with Gasteiger partial charge in [0.25, 0.3) is 0 Å². The van der Waals surface area contributed by atoms with Crippen molar-refractivity contribution in [1.82, 2.24) is 10.2 Å². The van der Waals surface area contributed by atoms with E-state index in [1.807, 2.05) is 13.8 Å². The molecule has 19 heavy (non-hydrogen) atoms. The maximum atomic E-state index is 13.8. The van der Waals surface area contributed by atoms with E-state index in [1.54, 1.807) is 17.0 Å². The summed E-state index contributed by atoms with van der Waals surface area (Å²) >= 11 is 0. The Kier molecular flexibility index (Phi) is 4.04. The first-order valence-electron chi connectivity index (χ1n) is 6.48. The number of hydrogen-bond donors (Lipinski definition) is 1. The molecule has 104 valence electrons. The molecule has 1 aromatic carbocycles. The minimum atomic E-state index is -0.412. The summed E-state index contributed by atoms with van der Waals surface area (Å²) in [6.45, 7) is 4.50. The standard InChI is InChI=1S/C14H19FN2O2/c1-4-7-17-13(16-9(2)14(17)18)10-5-6-12(19-3)11(15)8-10/h5-6,8-9,13,16H,4,7H2,1-3H3. The van der Waals surface area contributed by atoms with E-state index in [-0.39, 0.29) is 23.9 Å². The number of carbonyl (C=O) groups is 1. The van der Waals surface area contributed by atoms with Crippen molar-refractivity contribution >= 4 is 5.91 Å². The lowest BCUT2D eigenvalue weighted by atomic mass is 10.1. The number of benzene rings is 1. The smallest absolute Gasteiger partial charge is 0.241 e. The average molecular weight is 266 g/mol. The van der Waals surface area contributed by atoms with E-state index < -0.39 is 5.82 Å². The molecule has 0 saturated carbocycles. The quantitative estimate of drug-likeness (QED) is 0.907. The molecule has 0 bridgehead atoms. The van der Waals surface area contributed by atoms with Gasteiger partial charge in [0.2, 0.25) is 5.91 Å². The van der Waals surface area contributed by atoms with Gasteiger partial charge < -0.3 is 9.64 Å². The van der Waals surface area contributed by atoms with Gasteiger partial charge in [-0.05, 0) is 31.0 Å². The summed E-state index contributed by atoms with van der Waals surface area (Å²) in [5, 5.41) is 3.19. The number of amides is 1. The van der Waals surface area contributed by atoms with Crippen LogP contribution in [0.25, 0.3) is 0 Å². The van der Waals surface area contributed by atoms with Crippen LogP contribution >= 0.6 is 0 Å². The first kappa shape index (κ1) is 13.8. The van der Waals surface area contributed by atoms with Gasteiger partial charge >= 0.3 is 0 Å². The number of ether oxygens (including phenoxy) is 1. The Bertz CT molecular complexity index is 479. The third kappa shape index (κ3) is 2.56. The van der Waals surface area contributed by atoms with Crippen LogP contribution < -0.4 is 10.1 Å². The van der Waals surface area contributed by atoms with E-state index in [9.17, 15) is 9.18 Å². The monoisotopic (exact) mass is 266 g/mol. The third-order valence-electron chi connectivity index (χ3n) is 3.33. The van der Waals surface area contributed by atoms with Crippen LogP contribution in [0.1, 0.15) is 32.0 Å². The van der Waals surface area contributed by atoms with Crippen LogP contribution in [0.15, 0.2) is 18.2 Å². The van der Waals surface area contributed by atoms with Crippen LogP contribution in [0.5, 0.6) is 5.75 Å². The molecule has 1 N–H and O–H groups in total. The molecule has 0 radical (unpaired) electrons. The van der Waals surface area contributed by atoms with Crippen molar-refractivity contribution in [1.29, 1.82) is 0 Å². The number of carbonyl (C=O) groups excluding carboxylic acids is 1. The Morgan fingerprint density at radius 1 is 1.47 bits per heavy atom. The highest BCUT2D eigenvalue weighted by molar-refractivity contribution is 5.84. The SMILES string of the molecule is CCCN1C(=O)C(C)NC1c1ccc(OC)c(F)c1.